The minimum Gasteiger partial charge on any atom is -0.353 e. The van der Waals surface area contributed by atoms with Crippen LogP contribution in [0.4, 0.5) is 0 Å². The highest BCUT2D eigenvalue weighted by Gasteiger charge is 2.30. The summed E-state index contributed by atoms with van der Waals surface area (Å²) in [5.41, 5.74) is 0.525. The van der Waals surface area contributed by atoms with E-state index in [0.29, 0.717) is 11.5 Å². The number of ether oxygens (including phenoxy) is 2. The lowest BCUT2D eigenvalue weighted by atomic mass is 9.92. The summed E-state index contributed by atoms with van der Waals surface area (Å²) in [6.07, 6.45) is 4.85. The van der Waals surface area contributed by atoms with Gasteiger partial charge in [-0.25, -0.2) is 0 Å². The Kier molecular flexibility index (Phi) is 6.45. The summed E-state index contributed by atoms with van der Waals surface area (Å²) in [5.74, 6) is 0. The number of hydrogen-bond acceptors (Lipinski definition) is 3. The normalized spacial score (nSPS) is 23.5. The maximum atomic E-state index is 5.53. The number of nitrogens with one attached hydrogen (secondary N) is 1. The first-order valence-corrected chi connectivity index (χ1v) is 7.04. The van der Waals surface area contributed by atoms with Crippen LogP contribution in [0.3, 0.4) is 0 Å². The molecule has 0 spiro atoms. The highest BCUT2D eigenvalue weighted by atomic mass is 16.7. The molecule has 0 aliphatic heterocycles. The molecule has 17 heavy (non-hydrogen) atoms. The third-order valence-electron chi connectivity index (χ3n) is 3.49. The quantitative estimate of drug-likeness (QED) is 0.665. The van der Waals surface area contributed by atoms with E-state index in [-0.39, 0.29) is 6.29 Å². The molecule has 1 saturated carbocycles. The highest BCUT2D eigenvalue weighted by Crippen LogP contribution is 2.36. The smallest absolute Gasteiger partial charge is 0.158 e. The molecule has 1 aliphatic rings. The van der Waals surface area contributed by atoms with Gasteiger partial charge in [0.25, 0.3) is 0 Å². The topological polar surface area (TPSA) is 30.5 Å². The van der Waals surface area contributed by atoms with Crippen molar-refractivity contribution >= 4 is 0 Å². The van der Waals surface area contributed by atoms with Crippen LogP contribution in [0.2, 0.25) is 0 Å². The minimum absolute atomic E-state index is 0.0353. The average molecular weight is 243 g/mol. The van der Waals surface area contributed by atoms with E-state index in [1.54, 1.807) is 0 Å². The van der Waals surface area contributed by atoms with Crippen molar-refractivity contribution in [1.82, 2.24) is 5.32 Å². The van der Waals surface area contributed by atoms with Crippen LogP contribution in [0.5, 0.6) is 0 Å². The third-order valence-corrected chi connectivity index (χ3v) is 3.49. The van der Waals surface area contributed by atoms with E-state index in [9.17, 15) is 0 Å². The molecule has 0 aromatic carbocycles. The van der Waals surface area contributed by atoms with Crippen molar-refractivity contribution in [2.75, 3.05) is 19.8 Å². The van der Waals surface area contributed by atoms with Crippen molar-refractivity contribution in [2.24, 2.45) is 5.41 Å². The van der Waals surface area contributed by atoms with Gasteiger partial charge in [0.2, 0.25) is 0 Å². The lowest BCUT2D eigenvalue weighted by Gasteiger charge is -2.20. The molecule has 1 N–H and O–H groups in total. The van der Waals surface area contributed by atoms with Gasteiger partial charge in [-0.05, 0) is 38.5 Å². The van der Waals surface area contributed by atoms with Gasteiger partial charge in [-0.1, -0.05) is 13.8 Å². The molecular weight excluding hydrogens is 214 g/mol. The first-order chi connectivity index (χ1) is 8.07. The maximum Gasteiger partial charge on any atom is 0.158 e. The summed E-state index contributed by atoms with van der Waals surface area (Å²) < 4.78 is 11.1. The van der Waals surface area contributed by atoms with Gasteiger partial charge in [0.05, 0.1) is 0 Å². The molecule has 0 saturated heterocycles. The fourth-order valence-electron chi connectivity index (χ4n) is 2.60. The molecule has 0 heterocycles. The summed E-state index contributed by atoms with van der Waals surface area (Å²) in [6, 6.07) is 0.689. The Balaban J connectivity index is 2.13. The van der Waals surface area contributed by atoms with E-state index in [1.165, 1.54) is 19.3 Å². The predicted octanol–water partition coefficient (Wildman–Crippen LogP) is 2.94. The second-order valence-corrected chi connectivity index (χ2v) is 5.69. The Morgan fingerprint density at radius 3 is 2.35 bits per heavy atom. The van der Waals surface area contributed by atoms with Crippen LogP contribution in [-0.4, -0.2) is 32.1 Å². The van der Waals surface area contributed by atoms with Crippen molar-refractivity contribution < 1.29 is 9.47 Å². The van der Waals surface area contributed by atoms with E-state index in [0.717, 1.165) is 26.2 Å². The molecule has 0 bridgehead atoms. The van der Waals surface area contributed by atoms with Gasteiger partial charge < -0.3 is 14.8 Å². The van der Waals surface area contributed by atoms with E-state index < -0.39 is 0 Å². The standard InChI is InChI=1S/C14H29NO2/c1-5-16-13(17-6-2)8-10-15-12-7-9-14(3,4)11-12/h12-13,15H,5-11H2,1-4H3. The Morgan fingerprint density at radius 2 is 1.88 bits per heavy atom. The monoisotopic (exact) mass is 243 g/mol. The summed E-state index contributed by atoms with van der Waals surface area (Å²) in [6.45, 7) is 11.2. The molecule has 0 aromatic rings. The van der Waals surface area contributed by atoms with Crippen molar-refractivity contribution in [3.8, 4) is 0 Å². The highest BCUT2D eigenvalue weighted by molar-refractivity contribution is 4.86. The van der Waals surface area contributed by atoms with E-state index in [2.05, 4.69) is 19.2 Å². The number of rotatable bonds is 8. The van der Waals surface area contributed by atoms with Crippen LogP contribution >= 0.6 is 0 Å². The van der Waals surface area contributed by atoms with Crippen LogP contribution in [-0.2, 0) is 9.47 Å². The van der Waals surface area contributed by atoms with Crippen molar-refractivity contribution in [1.29, 1.82) is 0 Å². The predicted molar refractivity (Wildman–Crippen MR) is 71.1 cm³/mol. The van der Waals surface area contributed by atoms with E-state index in [4.69, 9.17) is 9.47 Å². The zero-order valence-electron chi connectivity index (χ0n) is 11.9. The Hall–Kier alpha value is -0.120. The van der Waals surface area contributed by atoms with Crippen molar-refractivity contribution in [3.05, 3.63) is 0 Å². The van der Waals surface area contributed by atoms with E-state index in [1.807, 2.05) is 13.8 Å². The Morgan fingerprint density at radius 1 is 1.24 bits per heavy atom. The lowest BCUT2D eigenvalue weighted by Crippen LogP contribution is -2.31. The minimum atomic E-state index is -0.0353. The average Bonchev–Trinajstić information content (AvgIpc) is 2.59. The second kappa shape index (κ2) is 7.34. The molecule has 0 radical (unpaired) electrons. The molecule has 3 heteroatoms. The molecule has 1 rings (SSSR count). The largest absolute Gasteiger partial charge is 0.353 e. The Labute approximate surface area is 106 Å². The zero-order chi connectivity index (χ0) is 12.7. The number of hydrogen-bond donors (Lipinski definition) is 1. The summed E-state index contributed by atoms with van der Waals surface area (Å²) in [7, 11) is 0. The van der Waals surface area contributed by atoms with E-state index >= 15 is 0 Å². The molecule has 1 unspecified atom stereocenters. The van der Waals surface area contributed by atoms with Gasteiger partial charge in [0.1, 0.15) is 0 Å². The van der Waals surface area contributed by atoms with Gasteiger partial charge in [-0.2, -0.15) is 0 Å². The van der Waals surface area contributed by atoms with Gasteiger partial charge >= 0.3 is 0 Å². The maximum absolute atomic E-state index is 5.53. The van der Waals surface area contributed by atoms with Crippen molar-refractivity contribution in [3.63, 3.8) is 0 Å². The lowest BCUT2D eigenvalue weighted by molar-refractivity contribution is -0.138. The first-order valence-electron chi connectivity index (χ1n) is 7.04. The van der Waals surface area contributed by atoms with Gasteiger partial charge in [0.15, 0.2) is 6.29 Å². The summed E-state index contributed by atoms with van der Waals surface area (Å²) in [4.78, 5) is 0. The van der Waals surface area contributed by atoms with Gasteiger partial charge in [-0.3, -0.25) is 0 Å². The molecule has 1 fully saturated rings. The van der Waals surface area contributed by atoms with Crippen LogP contribution < -0.4 is 5.32 Å². The van der Waals surface area contributed by atoms with Crippen molar-refractivity contribution in [2.45, 2.75) is 65.7 Å². The van der Waals surface area contributed by atoms with Gasteiger partial charge in [0, 0.05) is 32.2 Å². The molecule has 0 aromatic heterocycles. The fraction of sp³-hybridized carbons (Fsp3) is 1.00. The molecule has 102 valence electrons. The molecule has 3 nitrogen and oxygen atoms in total. The van der Waals surface area contributed by atoms with Crippen LogP contribution in [0.25, 0.3) is 0 Å². The molecular formula is C14H29NO2. The first kappa shape index (κ1) is 14.9. The summed E-state index contributed by atoms with van der Waals surface area (Å²) in [5, 5.41) is 3.62. The molecule has 0 amide bonds. The Bertz CT molecular complexity index is 198. The van der Waals surface area contributed by atoms with Crippen LogP contribution in [0, 0.1) is 5.41 Å². The van der Waals surface area contributed by atoms with Crippen LogP contribution in [0.1, 0.15) is 53.4 Å². The van der Waals surface area contributed by atoms with Gasteiger partial charge in [-0.15, -0.1) is 0 Å². The molecule has 1 atom stereocenters. The van der Waals surface area contributed by atoms with Crippen LogP contribution in [0.15, 0.2) is 0 Å². The SMILES string of the molecule is CCOC(CCNC1CCC(C)(C)C1)OCC. The summed E-state index contributed by atoms with van der Waals surface area (Å²) >= 11 is 0. The third kappa shape index (κ3) is 5.84. The second-order valence-electron chi connectivity index (χ2n) is 5.69. The zero-order valence-corrected chi connectivity index (χ0v) is 11.9. The molecule has 1 aliphatic carbocycles. The fourth-order valence-corrected chi connectivity index (χ4v) is 2.60.